The standard InChI is InChI=1S/C5H12O5/c6-2-1-3(7)4(8)5(9)10/h3-10H,1-2H2. The molecular weight excluding hydrogens is 140 g/mol. The molecule has 0 spiro atoms. The van der Waals surface area contributed by atoms with Crippen LogP contribution in [-0.4, -0.2) is 50.6 Å². The van der Waals surface area contributed by atoms with Crippen molar-refractivity contribution in [2.45, 2.75) is 24.9 Å². The van der Waals surface area contributed by atoms with E-state index >= 15 is 0 Å². The summed E-state index contributed by atoms with van der Waals surface area (Å²) in [5.74, 6) is 0. The number of rotatable bonds is 4. The van der Waals surface area contributed by atoms with Crippen molar-refractivity contribution in [3.63, 3.8) is 0 Å². The fourth-order valence-electron chi connectivity index (χ4n) is 0.502. The van der Waals surface area contributed by atoms with E-state index in [1.807, 2.05) is 0 Å². The highest BCUT2D eigenvalue weighted by atomic mass is 16.5. The van der Waals surface area contributed by atoms with Crippen LogP contribution in [0.25, 0.3) is 0 Å². The van der Waals surface area contributed by atoms with Gasteiger partial charge < -0.3 is 25.5 Å². The summed E-state index contributed by atoms with van der Waals surface area (Å²) in [4.78, 5) is 0. The van der Waals surface area contributed by atoms with Gasteiger partial charge in [-0.05, 0) is 6.42 Å². The molecule has 2 unspecified atom stereocenters. The van der Waals surface area contributed by atoms with Crippen LogP contribution in [0.5, 0.6) is 0 Å². The Balaban J connectivity index is 3.58. The van der Waals surface area contributed by atoms with E-state index in [2.05, 4.69) is 0 Å². The maximum atomic E-state index is 8.76. The summed E-state index contributed by atoms with van der Waals surface area (Å²) in [6.45, 7) is -0.301. The summed E-state index contributed by atoms with van der Waals surface area (Å²) in [6, 6.07) is 0. The number of aliphatic hydroxyl groups excluding tert-OH is 4. The highest BCUT2D eigenvalue weighted by Crippen LogP contribution is 2.00. The molecule has 0 aromatic rings. The van der Waals surface area contributed by atoms with Gasteiger partial charge in [0.2, 0.25) is 0 Å². The van der Waals surface area contributed by atoms with Crippen LogP contribution in [0.2, 0.25) is 0 Å². The van der Waals surface area contributed by atoms with Gasteiger partial charge in [0.1, 0.15) is 6.10 Å². The van der Waals surface area contributed by atoms with E-state index < -0.39 is 18.5 Å². The summed E-state index contributed by atoms with van der Waals surface area (Å²) < 4.78 is 0. The highest BCUT2D eigenvalue weighted by molar-refractivity contribution is 4.67. The molecule has 5 heteroatoms. The van der Waals surface area contributed by atoms with Crippen molar-refractivity contribution in [2.75, 3.05) is 6.61 Å². The molecule has 0 aliphatic rings. The van der Waals surface area contributed by atoms with E-state index in [0.29, 0.717) is 0 Å². The van der Waals surface area contributed by atoms with Gasteiger partial charge in [0.25, 0.3) is 0 Å². The molecule has 5 N–H and O–H groups in total. The van der Waals surface area contributed by atoms with Gasteiger partial charge >= 0.3 is 0 Å². The van der Waals surface area contributed by atoms with Crippen molar-refractivity contribution >= 4 is 0 Å². The molecule has 0 aliphatic heterocycles. The molecule has 0 rings (SSSR count). The third-order valence-electron chi connectivity index (χ3n) is 1.12. The van der Waals surface area contributed by atoms with Crippen LogP contribution in [-0.2, 0) is 0 Å². The second kappa shape index (κ2) is 4.59. The van der Waals surface area contributed by atoms with Crippen LogP contribution < -0.4 is 0 Å². The van der Waals surface area contributed by atoms with Gasteiger partial charge in [-0.3, -0.25) is 0 Å². The first kappa shape index (κ1) is 9.80. The summed E-state index contributed by atoms with van der Waals surface area (Å²) in [6.07, 6.45) is -4.92. The molecule has 2 atom stereocenters. The lowest BCUT2D eigenvalue weighted by atomic mass is 10.1. The molecule has 5 nitrogen and oxygen atoms in total. The maximum Gasteiger partial charge on any atom is 0.180 e. The van der Waals surface area contributed by atoms with Crippen molar-refractivity contribution in [3.05, 3.63) is 0 Å². The zero-order valence-electron chi connectivity index (χ0n) is 5.38. The Hall–Kier alpha value is -0.200. The minimum Gasteiger partial charge on any atom is -0.396 e. The van der Waals surface area contributed by atoms with Gasteiger partial charge in [0.15, 0.2) is 6.29 Å². The molecule has 0 saturated carbocycles. The average molecular weight is 152 g/mol. The Morgan fingerprint density at radius 1 is 1.00 bits per heavy atom. The van der Waals surface area contributed by atoms with Crippen LogP contribution in [0.4, 0.5) is 0 Å². The SMILES string of the molecule is OCCC(O)C(O)C(O)O. The summed E-state index contributed by atoms with van der Waals surface area (Å²) >= 11 is 0. The van der Waals surface area contributed by atoms with Gasteiger partial charge in [-0.15, -0.1) is 0 Å². The number of hydrogen-bond donors (Lipinski definition) is 5. The number of hydrogen-bond acceptors (Lipinski definition) is 5. The first-order valence-electron chi connectivity index (χ1n) is 2.92. The highest BCUT2D eigenvalue weighted by Gasteiger charge is 2.21. The molecule has 62 valence electrons. The van der Waals surface area contributed by atoms with E-state index in [9.17, 15) is 0 Å². The molecule has 10 heavy (non-hydrogen) atoms. The van der Waals surface area contributed by atoms with Crippen molar-refractivity contribution in [2.24, 2.45) is 0 Å². The molecule has 0 aromatic heterocycles. The predicted molar refractivity (Wildman–Crippen MR) is 31.9 cm³/mol. The van der Waals surface area contributed by atoms with Crippen molar-refractivity contribution < 1.29 is 25.5 Å². The first-order valence-corrected chi connectivity index (χ1v) is 2.92. The van der Waals surface area contributed by atoms with Gasteiger partial charge in [0, 0.05) is 6.61 Å². The van der Waals surface area contributed by atoms with E-state index in [1.54, 1.807) is 0 Å². The fourth-order valence-corrected chi connectivity index (χ4v) is 0.502. The Bertz CT molecular complexity index is 84.1. The quantitative estimate of drug-likeness (QED) is 0.284. The molecule has 0 amide bonds. The lowest BCUT2D eigenvalue weighted by molar-refractivity contribution is -0.159. The summed E-state index contributed by atoms with van der Waals surface area (Å²) in [7, 11) is 0. The maximum absolute atomic E-state index is 8.76. The van der Waals surface area contributed by atoms with E-state index in [4.69, 9.17) is 25.5 Å². The molecule has 0 saturated heterocycles. The molecule has 0 aromatic carbocycles. The zero-order valence-corrected chi connectivity index (χ0v) is 5.38. The van der Waals surface area contributed by atoms with Crippen LogP contribution in [0.15, 0.2) is 0 Å². The summed E-state index contributed by atoms with van der Waals surface area (Å²) in [5.41, 5.74) is 0. The lowest BCUT2D eigenvalue weighted by Crippen LogP contribution is -2.37. The fraction of sp³-hybridized carbons (Fsp3) is 1.00. The monoisotopic (exact) mass is 152 g/mol. The van der Waals surface area contributed by atoms with Gasteiger partial charge in [-0.2, -0.15) is 0 Å². The van der Waals surface area contributed by atoms with Crippen molar-refractivity contribution in [1.29, 1.82) is 0 Å². The predicted octanol–water partition coefficient (Wildman–Crippen LogP) is -2.60. The van der Waals surface area contributed by atoms with E-state index in [-0.39, 0.29) is 13.0 Å². The third-order valence-corrected chi connectivity index (χ3v) is 1.12. The third kappa shape index (κ3) is 3.09. The Morgan fingerprint density at radius 3 is 1.80 bits per heavy atom. The van der Waals surface area contributed by atoms with Crippen LogP contribution in [0, 0.1) is 0 Å². The van der Waals surface area contributed by atoms with E-state index in [0.717, 1.165) is 0 Å². The molecule has 0 radical (unpaired) electrons. The minimum atomic E-state index is -1.96. The smallest absolute Gasteiger partial charge is 0.180 e. The van der Waals surface area contributed by atoms with Crippen molar-refractivity contribution in [3.8, 4) is 0 Å². The van der Waals surface area contributed by atoms with Gasteiger partial charge in [-0.25, -0.2) is 0 Å². The van der Waals surface area contributed by atoms with Gasteiger partial charge in [0.05, 0.1) is 6.10 Å². The molecule has 0 heterocycles. The lowest BCUT2D eigenvalue weighted by Gasteiger charge is -2.17. The first-order chi connectivity index (χ1) is 4.59. The van der Waals surface area contributed by atoms with Crippen LogP contribution >= 0.6 is 0 Å². The second-order valence-corrected chi connectivity index (χ2v) is 1.98. The van der Waals surface area contributed by atoms with Gasteiger partial charge in [-0.1, -0.05) is 0 Å². The molecule has 0 fully saturated rings. The normalized spacial score (nSPS) is 17.4. The van der Waals surface area contributed by atoms with Crippen LogP contribution in [0.1, 0.15) is 6.42 Å². The Morgan fingerprint density at radius 2 is 1.50 bits per heavy atom. The Kier molecular flexibility index (Phi) is 4.50. The minimum absolute atomic E-state index is 0.0706. The molecule has 0 bridgehead atoms. The summed E-state index contributed by atoms with van der Waals surface area (Å²) in [5, 5.41) is 42.2. The second-order valence-electron chi connectivity index (χ2n) is 1.98. The average Bonchev–Trinajstić information content (AvgIpc) is 1.87. The largest absolute Gasteiger partial charge is 0.396 e. The number of aliphatic hydroxyl groups is 5. The van der Waals surface area contributed by atoms with E-state index in [1.165, 1.54) is 0 Å². The molecular formula is C5H12O5. The molecule has 0 aliphatic carbocycles. The van der Waals surface area contributed by atoms with Crippen LogP contribution in [0.3, 0.4) is 0 Å². The Labute approximate surface area is 58.2 Å². The van der Waals surface area contributed by atoms with Crippen molar-refractivity contribution in [1.82, 2.24) is 0 Å². The zero-order chi connectivity index (χ0) is 8.15. The topological polar surface area (TPSA) is 101 Å².